The molecule has 1 saturated heterocycles. The number of para-hydroxylation sites is 1. The number of halogens is 1. The van der Waals surface area contributed by atoms with E-state index in [-0.39, 0.29) is 11.3 Å². The van der Waals surface area contributed by atoms with Gasteiger partial charge in [0.15, 0.2) is 0 Å². The van der Waals surface area contributed by atoms with E-state index in [1.165, 1.54) is 0 Å². The minimum Gasteiger partial charge on any atom is -0.489 e. The molecule has 1 amide bonds. The van der Waals surface area contributed by atoms with Crippen LogP contribution in [0.3, 0.4) is 0 Å². The highest BCUT2D eigenvalue weighted by Crippen LogP contribution is 2.43. The highest BCUT2D eigenvalue weighted by molar-refractivity contribution is 7.99. The molecule has 0 aliphatic carbocycles. The molecule has 142 valence electrons. The molecule has 1 aliphatic heterocycles. The van der Waals surface area contributed by atoms with Crippen molar-refractivity contribution >= 4 is 29.3 Å². The Hall–Kier alpha value is -2.43. The molecule has 3 aromatic carbocycles. The summed E-state index contributed by atoms with van der Waals surface area (Å²) in [6, 6.07) is 25.2. The van der Waals surface area contributed by atoms with Gasteiger partial charge in [0.1, 0.15) is 17.7 Å². The standard InChI is InChI=1S/C23H20ClNO2S/c24-20-12-6-4-10-18(20)22(26)25-14-15-28-23(25)19-11-5-7-13-21(19)27-16-17-8-2-1-3-9-17/h1-13,23H,14-16H2. The first-order valence-electron chi connectivity index (χ1n) is 9.17. The van der Waals surface area contributed by atoms with Gasteiger partial charge in [0.25, 0.3) is 5.91 Å². The monoisotopic (exact) mass is 409 g/mol. The van der Waals surface area contributed by atoms with Gasteiger partial charge < -0.3 is 9.64 Å². The van der Waals surface area contributed by atoms with Gasteiger partial charge in [-0.05, 0) is 23.8 Å². The molecule has 1 aliphatic rings. The summed E-state index contributed by atoms with van der Waals surface area (Å²) >= 11 is 8.01. The van der Waals surface area contributed by atoms with Gasteiger partial charge in [0.05, 0.1) is 10.6 Å². The van der Waals surface area contributed by atoms with Gasteiger partial charge in [-0.15, -0.1) is 11.8 Å². The van der Waals surface area contributed by atoms with Crippen LogP contribution in [0.1, 0.15) is 26.9 Å². The maximum Gasteiger partial charge on any atom is 0.256 e. The summed E-state index contributed by atoms with van der Waals surface area (Å²) in [4.78, 5) is 15.0. The topological polar surface area (TPSA) is 29.5 Å². The molecule has 1 fully saturated rings. The molecule has 0 radical (unpaired) electrons. The summed E-state index contributed by atoms with van der Waals surface area (Å²) in [6.07, 6.45) is 0. The van der Waals surface area contributed by atoms with Crippen molar-refractivity contribution in [3.8, 4) is 5.75 Å². The second kappa shape index (κ2) is 8.72. The zero-order valence-corrected chi connectivity index (χ0v) is 16.8. The summed E-state index contributed by atoms with van der Waals surface area (Å²) in [6.45, 7) is 1.18. The van der Waals surface area contributed by atoms with Crippen molar-refractivity contribution in [2.45, 2.75) is 12.0 Å². The van der Waals surface area contributed by atoms with E-state index >= 15 is 0 Å². The third-order valence-corrected chi connectivity index (χ3v) is 6.25. The van der Waals surface area contributed by atoms with Crippen LogP contribution in [-0.2, 0) is 6.61 Å². The van der Waals surface area contributed by atoms with Gasteiger partial charge in [0.2, 0.25) is 0 Å². The molecular formula is C23H20ClNO2S. The summed E-state index contributed by atoms with van der Waals surface area (Å²) in [7, 11) is 0. The first-order chi connectivity index (χ1) is 13.7. The second-order valence-electron chi connectivity index (χ2n) is 6.51. The quantitative estimate of drug-likeness (QED) is 0.532. The molecule has 28 heavy (non-hydrogen) atoms. The summed E-state index contributed by atoms with van der Waals surface area (Å²) in [5.41, 5.74) is 2.67. The Bertz CT molecular complexity index is 964. The van der Waals surface area contributed by atoms with Gasteiger partial charge in [-0.25, -0.2) is 0 Å². The fourth-order valence-electron chi connectivity index (χ4n) is 3.28. The Balaban J connectivity index is 1.58. The van der Waals surface area contributed by atoms with Crippen molar-refractivity contribution in [2.75, 3.05) is 12.3 Å². The number of thioether (sulfide) groups is 1. The lowest BCUT2D eigenvalue weighted by molar-refractivity contribution is 0.0759. The molecule has 1 atom stereocenters. The number of benzene rings is 3. The van der Waals surface area contributed by atoms with Crippen LogP contribution in [0.2, 0.25) is 5.02 Å². The van der Waals surface area contributed by atoms with E-state index in [0.717, 1.165) is 22.6 Å². The summed E-state index contributed by atoms with van der Waals surface area (Å²) in [5.74, 6) is 1.65. The van der Waals surface area contributed by atoms with Crippen LogP contribution < -0.4 is 4.74 Å². The molecule has 4 rings (SSSR count). The maximum absolute atomic E-state index is 13.1. The predicted octanol–water partition coefficient (Wildman–Crippen LogP) is 5.81. The third-order valence-electron chi connectivity index (χ3n) is 4.68. The summed E-state index contributed by atoms with van der Waals surface area (Å²) in [5, 5.41) is 0.396. The number of carbonyl (C=O) groups excluding carboxylic acids is 1. The maximum atomic E-state index is 13.1. The number of rotatable bonds is 5. The Morgan fingerprint density at radius 2 is 1.71 bits per heavy atom. The average Bonchev–Trinajstić information content (AvgIpc) is 3.23. The van der Waals surface area contributed by atoms with Crippen molar-refractivity contribution in [1.82, 2.24) is 4.90 Å². The Kier molecular flexibility index (Phi) is 5.89. The first kappa shape index (κ1) is 18.9. The number of hydrogen-bond acceptors (Lipinski definition) is 3. The van der Waals surface area contributed by atoms with Gasteiger partial charge in [-0.1, -0.05) is 72.3 Å². The first-order valence-corrected chi connectivity index (χ1v) is 10.6. The fraction of sp³-hybridized carbons (Fsp3) is 0.174. The molecule has 3 aromatic rings. The normalized spacial score (nSPS) is 16.2. The molecule has 0 bridgehead atoms. The number of amides is 1. The predicted molar refractivity (Wildman–Crippen MR) is 115 cm³/mol. The van der Waals surface area contributed by atoms with E-state index in [4.69, 9.17) is 16.3 Å². The number of carbonyl (C=O) groups is 1. The molecule has 1 unspecified atom stereocenters. The lowest BCUT2D eigenvalue weighted by atomic mass is 10.1. The number of hydrogen-bond donors (Lipinski definition) is 0. The van der Waals surface area contributed by atoms with Crippen LogP contribution >= 0.6 is 23.4 Å². The van der Waals surface area contributed by atoms with Crippen LogP contribution in [0.4, 0.5) is 0 Å². The van der Waals surface area contributed by atoms with Crippen molar-refractivity contribution in [3.63, 3.8) is 0 Å². The smallest absolute Gasteiger partial charge is 0.256 e. The molecule has 5 heteroatoms. The highest BCUT2D eigenvalue weighted by Gasteiger charge is 2.33. The minimum atomic E-state index is -0.0873. The molecular weight excluding hydrogens is 390 g/mol. The van der Waals surface area contributed by atoms with E-state index in [2.05, 4.69) is 0 Å². The summed E-state index contributed by atoms with van der Waals surface area (Å²) < 4.78 is 6.12. The Morgan fingerprint density at radius 1 is 1.00 bits per heavy atom. The van der Waals surface area contributed by atoms with E-state index < -0.39 is 0 Å². The zero-order chi connectivity index (χ0) is 19.3. The van der Waals surface area contributed by atoms with Crippen LogP contribution in [0, 0.1) is 0 Å². The minimum absolute atomic E-state index is 0.0431. The Labute approximate surface area is 174 Å². The van der Waals surface area contributed by atoms with Crippen LogP contribution in [0.25, 0.3) is 0 Å². The molecule has 3 nitrogen and oxygen atoms in total. The molecule has 0 saturated carbocycles. The van der Waals surface area contributed by atoms with Crippen LogP contribution in [-0.4, -0.2) is 23.1 Å². The van der Waals surface area contributed by atoms with Gasteiger partial charge >= 0.3 is 0 Å². The average molecular weight is 410 g/mol. The van der Waals surface area contributed by atoms with Crippen molar-refractivity contribution < 1.29 is 9.53 Å². The molecule has 1 heterocycles. The van der Waals surface area contributed by atoms with Gasteiger partial charge in [0, 0.05) is 17.9 Å². The number of ether oxygens (including phenoxy) is 1. The van der Waals surface area contributed by atoms with E-state index in [9.17, 15) is 4.79 Å². The van der Waals surface area contributed by atoms with Gasteiger partial charge in [-0.2, -0.15) is 0 Å². The van der Waals surface area contributed by atoms with Crippen molar-refractivity contribution in [3.05, 3.63) is 101 Å². The molecule has 0 N–H and O–H groups in total. The second-order valence-corrected chi connectivity index (χ2v) is 8.11. The third kappa shape index (κ3) is 4.03. The molecule has 0 spiro atoms. The van der Waals surface area contributed by atoms with E-state index in [1.807, 2.05) is 71.6 Å². The number of nitrogens with zero attached hydrogens (tertiary/aromatic N) is 1. The van der Waals surface area contributed by atoms with Crippen molar-refractivity contribution in [2.24, 2.45) is 0 Å². The van der Waals surface area contributed by atoms with Crippen LogP contribution in [0.5, 0.6) is 5.75 Å². The van der Waals surface area contributed by atoms with E-state index in [1.54, 1.807) is 23.9 Å². The largest absolute Gasteiger partial charge is 0.489 e. The van der Waals surface area contributed by atoms with Crippen LogP contribution in [0.15, 0.2) is 78.9 Å². The Morgan fingerprint density at radius 3 is 2.54 bits per heavy atom. The zero-order valence-electron chi connectivity index (χ0n) is 15.3. The lowest BCUT2D eigenvalue weighted by Gasteiger charge is -2.26. The fourth-order valence-corrected chi connectivity index (χ4v) is 4.77. The van der Waals surface area contributed by atoms with Gasteiger partial charge in [-0.3, -0.25) is 4.79 Å². The lowest BCUT2D eigenvalue weighted by Crippen LogP contribution is -2.30. The molecule has 0 aromatic heterocycles. The van der Waals surface area contributed by atoms with Crippen molar-refractivity contribution in [1.29, 1.82) is 0 Å². The highest BCUT2D eigenvalue weighted by atomic mass is 35.5. The SMILES string of the molecule is O=C(c1ccccc1Cl)N1CCSC1c1ccccc1OCc1ccccc1. The van der Waals surface area contributed by atoms with E-state index in [0.29, 0.717) is 23.7 Å².